The van der Waals surface area contributed by atoms with Gasteiger partial charge in [0.1, 0.15) is 18.3 Å². The molecule has 1 fully saturated rings. The van der Waals surface area contributed by atoms with Crippen molar-refractivity contribution < 1.29 is 29.2 Å². The molecular formula is C8H14FNO5. The summed E-state index contributed by atoms with van der Waals surface area (Å²) in [5.41, 5.74) is 0. The highest BCUT2D eigenvalue weighted by molar-refractivity contribution is 5.77. The summed E-state index contributed by atoms with van der Waals surface area (Å²) in [6.45, 7) is -1.69. The number of aliphatic hydroxyl groups is 3. The van der Waals surface area contributed by atoms with Crippen LogP contribution in [0.4, 0.5) is 4.39 Å². The highest BCUT2D eigenvalue weighted by atomic mass is 19.1. The molecule has 0 spiro atoms. The Kier molecular flexibility index (Phi) is 4.40. The standard InChI is InChI=1S/C8H14FNO5/c9-1-6(12)10-4-3-15-5(2-11)8(14)7(4)13/h4-5,7-8,11,13-14H,1-3H2,(H,10,12)/t4?,5?,7-,8-/m1/s1. The highest BCUT2D eigenvalue weighted by Crippen LogP contribution is 2.15. The predicted molar refractivity (Wildman–Crippen MR) is 46.7 cm³/mol. The van der Waals surface area contributed by atoms with E-state index in [4.69, 9.17) is 9.84 Å². The van der Waals surface area contributed by atoms with Crippen LogP contribution in [0.15, 0.2) is 0 Å². The molecule has 4 N–H and O–H groups in total. The molecule has 0 aromatic carbocycles. The molecule has 1 aliphatic heterocycles. The van der Waals surface area contributed by atoms with Crippen LogP contribution in [0.1, 0.15) is 0 Å². The maximum atomic E-state index is 11.9. The van der Waals surface area contributed by atoms with E-state index in [1.54, 1.807) is 0 Å². The Morgan fingerprint density at radius 3 is 2.67 bits per heavy atom. The number of hydrogen-bond acceptors (Lipinski definition) is 5. The van der Waals surface area contributed by atoms with Gasteiger partial charge in [-0.15, -0.1) is 0 Å². The zero-order valence-electron chi connectivity index (χ0n) is 7.97. The second-order valence-electron chi connectivity index (χ2n) is 3.34. The number of alkyl halides is 1. The van der Waals surface area contributed by atoms with Crippen molar-refractivity contribution in [2.24, 2.45) is 0 Å². The minimum absolute atomic E-state index is 0.0742. The predicted octanol–water partition coefficient (Wildman–Crippen LogP) is -2.45. The lowest BCUT2D eigenvalue weighted by atomic mass is 9.98. The molecule has 7 heteroatoms. The lowest BCUT2D eigenvalue weighted by molar-refractivity contribution is -0.164. The second kappa shape index (κ2) is 5.36. The molecule has 0 aromatic rings. The summed E-state index contributed by atoms with van der Waals surface area (Å²) in [5, 5.41) is 29.8. The van der Waals surface area contributed by atoms with E-state index in [0.29, 0.717) is 0 Å². The number of rotatable bonds is 3. The summed E-state index contributed by atoms with van der Waals surface area (Å²) >= 11 is 0. The lowest BCUT2D eigenvalue weighted by Gasteiger charge is -2.36. The summed E-state index contributed by atoms with van der Waals surface area (Å²) in [4.78, 5) is 10.7. The van der Waals surface area contributed by atoms with Crippen molar-refractivity contribution >= 4 is 5.91 Å². The zero-order valence-corrected chi connectivity index (χ0v) is 7.97. The molecule has 0 saturated carbocycles. The first-order valence-corrected chi connectivity index (χ1v) is 4.54. The normalized spacial score (nSPS) is 36.3. The SMILES string of the molecule is O=C(CF)NC1COC(CO)[C@@H](O)[C@@H]1O. The largest absolute Gasteiger partial charge is 0.394 e. The van der Waals surface area contributed by atoms with E-state index in [1.807, 2.05) is 0 Å². The zero-order chi connectivity index (χ0) is 11.4. The van der Waals surface area contributed by atoms with Crippen LogP contribution in [-0.4, -0.2) is 65.5 Å². The molecule has 1 rings (SSSR count). The maximum absolute atomic E-state index is 11.9. The second-order valence-corrected chi connectivity index (χ2v) is 3.34. The average Bonchev–Trinajstić information content (AvgIpc) is 2.25. The summed E-state index contributed by atoms with van der Waals surface area (Å²) < 4.78 is 16.8. The molecule has 0 bridgehead atoms. The Labute approximate surface area is 85.7 Å². The van der Waals surface area contributed by atoms with Gasteiger partial charge in [-0.05, 0) is 0 Å². The third-order valence-corrected chi connectivity index (χ3v) is 2.28. The van der Waals surface area contributed by atoms with Crippen LogP contribution >= 0.6 is 0 Å². The molecule has 15 heavy (non-hydrogen) atoms. The van der Waals surface area contributed by atoms with Gasteiger partial charge in [0.05, 0.1) is 19.3 Å². The fourth-order valence-corrected chi connectivity index (χ4v) is 1.42. The molecule has 6 nitrogen and oxygen atoms in total. The first-order valence-electron chi connectivity index (χ1n) is 4.54. The monoisotopic (exact) mass is 223 g/mol. The van der Waals surface area contributed by atoms with Crippen molar-refractivity contribution in [2.45, 2.75) is 24.4 Å². The van der Waals surface area contributed by atoms with Crippen LogP contribution in [0.3, 0.4) is 0 Å². The van der Waals surface area contributed by atoms with E-state index in [-0.39, 0.29) is 6.61 Å². The quantitative estimate of drug-likeness (QED) is 0.426. The van der Waals surface area contributed by atoms with E-state index in [0.717, 1.165) is 0 Å². The summed E-state index contributed by atoms with van der Waals surface area (Å²) in [5.74, 6) is -0.878. The third kappa shape index (κ3) is 2.85. The number of halogens is 1. The third-order valence-electron chi connectivity index (χ3n) is 2.28. The first-order chi connectivity index (χ1) is 7.10. The maximum Gasteiger partial charge on any atom is 0.251 e. The van der Waals surface area contributed by atoms with E-state index in [2.05, 4.69) is 5.32 Å². The fourth-order valence-electron chi connectivity index (χ4n) is 1.42. The highest BCUT2D eigenvalue weighted by Gasteiger charge is 2.38. The van der Waals surface area contributed by atoms with E-state index in [1.165, 1.54) is 0 Å². The number of carbonyl (C=O) groups is 1. The molecule has 0 aromatic heterocycles. The van der Waals surface area contributed by atoms with Gasteiger partial charge in [0.25, 0.3) is 5.91 Å². The van der Waals surface area contributed by atoms with E-state index >= 15 is 0 Å². The van der Waals surface area contributed by atoms with Crippen LogP contribution in [0, 0.1) is 0 Å². The minimum Gasteiger partial charge on any atom is -0.394 e. The van der Waals surface area contributed by atoms with Crippen LogP contribution < -0.4 is 5.32 Å². The number of nitrogens with one attached hydrogen (secondary N) is 1. The first kappa shape index (κ1) is 12.3. The number of ether oxygens (including phenoxy) is 1. The number of aliphatic hydroxyl groups excluding tert-OH is 3. The Hall–Kier alpha value is -0.760. The van der Waals surface area contributed by atoms with Crippen LogP contribution in [0.5, 0.6) is 0 Å². The summed E-state index contributed by atoms with van der Waals surface area (Å²) in [7, 11) is 0. The topological polar surface area (TPSA) is 99.0 Å². The van der Waals surface area contributed by atoms with Gasteiger partial charge in [-0.1, -0.05) is 0 Å². The van der Waals surface area contributed by atoms with Crippen molar-refractivity contribution in [2.75, 3.05) is 19.9 Å². The smallest absolute Gasteiger partial charge is 0.251 e. The molecule has 1 aliphatic rings. The van der Waals surface area contributed by atoms with Crippen LogP contribution in [0.2, 0.25) is 0 Å². The van der Waals surface area contributed by atoms with Gasteiger partial charge in [0.2, 0.25) is 0 Å². The number of hydrogen-bond donors (Lipinski definition) is 4. The average molecular weight is 223 g/mol. The number of carbonyl (C=O) groups excluding carboxylic acids is 1. The van der Waals surface area contributed by atoms with Crippen molar-refractivity contribution in [3.63, 3.8) is 0 Å². The van der Waals surface area contributed by atoms with Crippen molar-refractivity contribution in [3.8, 4) is 0 Å². The van der Waals surface area contributed by atoms with Crippen molar-refractivity contribution in [1.29, 1.82) is 0 Å². The molecule has 4 atom stereocenters. The van der Waals surface area contributed by atoms with Gasteiger partial charge >= 0.3 is 0 Å². The molecule has 0 radical (unpaired) electrons. The van der Waals surface area contributed by atoms with E-state index in [9.17, 15) is 19.4 Å². The molecule has 2 unspecified atom stereocenters. The van der Waals surface area contributed by atoms with Crippen LogP contribution in [-0.2, 0) is 9.53 Å². The molecular weight excluding hydrogens is 209 g/mol. The van der Waals surface area contributed by atoms with Gasteiger partial charge in [-0.3, -0.25) is 4.79 Å². The van der Waals surface area contributed by atoms with E-state index < -0.39 is 43.5 Å². The van der Waals surface area contributed by atoms with Gasteiger partial charge < -0.3 is 25.4 Å². The molecule has 1 saturated heterocycles. The summed E-state index contributed by atoms with van der Waals surface area (Å²) in [6, 6.07) is -0.856. The fraction of sp³-hybridized carbons (Fsp3) is 0.875. The number of amides is 1. The Bertz CT molecular complexity index is 227. The molecule has 1 amide bonds. The summed E-state index contributed by atoms with van der Waals surface area (Å²) in [6.07, 6.45) is -3.45. The van der Waals surface area contributed by atoms with Gasteiger partial charge in [0, 0.05) is 0 Å². The molecule has 1 heterocycles. The van der Waals surface area contributed by atoms with Gasteiger partial charge in [0.15, 0.2) is 6.67 Å². The molecule has 0 aliphatic carbocycles. The van der Waals surface area contributed by atoms with Crippen LogP contribution in [0.25, 0.3) is 0 Å². The minimum atomic E-state index is -1.30. The van der Waals surface area contributed by atoms with Gasteiger partial charge in [-0.2, -0.15) is 0 Å². The lowest BCUT2D eigenvalue weighted by Crippen LogP contribution is -2.60. The van der Waals surface area contributed by atoms with Gasteiger partial charge in [-0.25, -0.2) is 4.39 Å². The molecule has 88 valence electrons. The Balaban J connectivity index is 2.52. The van der Waals surface area contributed by atoms with Crippen molar-refractivity contribution in [3.05, 3.63) is 0 Å². The Morgan fingerprint density at radius 2 is 2.13 bits per heavy atom. The Morgan fingerprint density at radius 1 is 1.47 bits per heavy atom. The van der Waals surface area contributed by atoms with Crippen molar-refractivity contribution in [1.82, 2.24) is 5.32 Å².